The van der Waals surface area contributed by atoms with Crippen molar-refractivity contribution in [3.63, 3.8) is 0 Å². The molecule has 22 heavy (non-hydrogen) atoms. The maximum atomic E-state index is 12.1. The Kier molecular flexibility index (Phi) is 5.24. The number of aliphatic hydroxyl groups excluding tert-OH is 2. The minimum Gasteiger partial charge on any atom is -0.395 e. The number of hydrogen-bond acceptors (Lipinski definition) is 5. The first-order chi connectivity index (χ1) is 10.6. The molecule has 0 spiro atoms. The van der Waals surface area contributed by atoms with E-state index in [-0.39, 0.29) is 45.2 Å². The number of hydrogen-bond donors (Lipinski definition) is 2. The van der Waals surface area contributed by atoms with Crippen molar-refractivity contribution in [2.75, 3.05) is 32.8 Å². The highest BCUT2D eigenvalue weighted by Gasteiger charge is 2.35. The monoisotopic (exact) mass is 306 g/mol. The highest BCUT2D eigenvalue weighted by molar-refractivity contribution is 6.21. The molecule has 0 unspecified atom stereocenters. The second-order valence-electron chi connectivity index (χ2n) is 4.89. The Labute approximate surface area is 127 Å². The van der Waals surface area contributed by atoms with Crippen LogP contribution in [-0.2, 0) is 4.79 Å². The maximum absolute atomic E-state index is 12.1. The molecule has 3 amide bonds. The van der Waals surface area contributed by atoms with Crippen LogP contribution in [0.3, 0.4) is 0 Å². The fourth-order valence-corrected chi connectivity index (χ4v) is 2.41. The molecule has 0 atom stereocenters. The fourth-order valence-electron chi connectivity index (χ4n) is 2.41. The van der Waals surface area contributed by atoms with Gasteiger partial charge in [0.15, 0.2) is 0 Å². The number of fused-ring (bicyclic) bond motifs is 1. The van der Waals surface area contributed by atoms with Gasteiger partial charge in [0, 0.05) is 26.1 Å². The van der Waals surface area contributed by atoms with E-state index < -0.39 is 11.8 Å². The lowest BCUT2D eigenvalue weighted by Crippen LogP contribution is -2.39. The van der Waals surface area contributed by atoms with Crippen molar-refractivity contribution in [2.24, 2.45) is 0 Å². The third kappa shape index (κ3) is 3.15. The second kappa shape index (κ2) is 7.15. The third-order valence-electron chi connectivity index (χ3n) is 3.52. The van der Waals surface area contributed by atoms with Crippen LogP contribution >= 0.6 is 0 Å². The van der Waals surface area contributed by atoms with Crippen molar-refractivity contribution in [1.29, 1.82) is 0 Å². The highest BCUT2D eigenvalue weighted by Crippen LogP contribution is 2.22. The van der Waals surface area contributed by atoms with Crippen LogP contribution in [0.15, 0.2) is 24.3 Å². The number of benzene rings is 1. The molecule has 0 aromatic heterocycles. The molecule has 0 radical (unpaired) electrons. The summed E-state index contributed by atoms with van der Waals surface area (Å²) in [6.07, 6.45) is -0.0362. The van der Waals surface area contributed by atoms with E-state index in [0.29, 0.717) is 11.1 Å². The van der Waals surface area contributed by atoms with Gasteiger partial charge in [0.2, 0.25) is 5.91 Å². The Balaban J connectivity index is 1.99. The van der Waals surface area contributed by atoms with E-state index in [0.717, 1.165) is 4.90 Å². The summed E-state index contributed by atoms with van der Waals surface area (Å²) < 4.78 is 0. The summed E-state index contributed by atoms with van der Waals surface area (Å²) >= 11 is 0. The molecule has 0 fully saturated rings. The molecule has 2 rings (SSSR count). The van der Waals surface area contributed by atoms with Crippen LogP contribution in [0, 0.1) is 0 Å². The van der Waals surface area contributed by atoms with Crippen LogP contribution < -0.4 is 0 Å². The van der Waals surface area contributed by atoms with E-state index in [9.17, 15) is 14.4 Å². The van der Waals surface area contributed by atoms with Crippen LogP contribution in [0.5, 0.6) is 0 Å². The molecule has 0 aliphatic carbocycles. The van der Waals surface area contributed by atoms with Crippen molar-refractivity contribution < 1.29 is 24.6 Å². The minimum atomic E-state index is -0.399. The van der Waals surface area contributed by atoms with Gasteiger partial charge in [0.05, 0.1) is 24.3 Å². The minimum absolute atomic E-state index is 0.0153. The molecule has 1 heterocycles. The first-order valence-electron chi connectivity index (χ1n) is 7.05. The first kappa shape index (κ1) is 16.1. The molecule has 2 N–H and O–H groups in total. The maximum Gasteiger partial charge on any atom is 0.261 e. The molecule has 7 heteroatoms. The summed E-state index contributed by atoms with van der Waals surface area (Å²) in [5, 5.41) is 17.8. The van der Waals surface area contributed by atoms with Crippen LogP contribution in [-0.4, -0.2) is 70.6 Å². The van der Waals surface area contributed by atoms with Crippen LogP contribution in [0.2, 0.25) is 0 Å². The average Bonchev–Trinajstić information content (AvgIpc) is 2.77. The summed E-state index contributed by atoms with van der Waals surface area (Å²) in [5.41, 5.74) is 0.699. The van der Waals surface area contributed by atoms with Gasteiger partial charge in [-0.1, -0.05) is 12.1 Å². The zero-order chi connectivity index (χ0) is 16.1. The van der Waals surface area contributed by atoms with Gasteiger partial charge < -0.3 is 15.1 Å². The Hall–Kier alpha value is -2.25. The Morgan fingerprint density at radius 3 is 1.95 bits per heavy atom. The number of nitrogens with zero attached hydrogens (tertiary/aromatic N) is 2. The number of carbonyl (C=O) groups excluding carboxylic acids is 3. The zero-order valence-corrected chi connectivity index (χ0v) is 12.1. The van der Waals surface area contributed by atoms with E-state index in [2.05, 4.69) is 0 Å². The molecule has 1 aromatic rings. The average molecular weight is 306 g/mol. The third-order valence-corrected chi connectivity index (χ3v) is 3.52. The zero-order valence-electron chi connectivity index (χ0n) is 12.1. The molecule has 7 nitrogen and oxygen atoms in total. The van der Waals surface area contributed by atoms with Crippen LogP contribution in [0.25, 0.3) is 0 Å². The Bertz CT molecular complexity index is 546. The van der Waals surface area contributed by atoms with E-state index in [1.54, 1.807) is 24.3 Å². The lowest BCUT2D eigenvalue weighted by atomic mass is 10.1. The molecule has 0 saturated heterocycles. The number of amides is 3. The van der Waals surface area contributed by atoms with Gasteiger partial charge in [0.1, 0.15) is 0 Å². The molecule has 1 aliphatic rings. The van der Waals surface area contributed by atoms with Crippen molar-refractivity contribution in [2.45, 2.75) is 6.42 Å². The van der Waals surface area contributed by atoms with Gasteiger partial charge in [0.25, 0.3) is 11.8 Å². The predicted molar refractivity (Wildman–Crippen MR) is 77.2 cm³/mol. The predicted octanol–water partition coefficient (Wildman–Crippen LogP) is -0.514. The Morgan fingerprint density at radius 2 is 1.50 bits per heavy atom. The molecule has 1 aromatic carbocycles. The fraction of sp³-hybridized carbons (Fsp3) is 0.400. The summed E-state index contributed by atoms with van der Waals surface area (Å²) in [4.78, 5) is 38.7. The topological polar surface area (TPSA) is 98.2 Å². The summed E-state index contributed by atoms with van der Waals surface area (Å²) in [7, 11) is 0. The quantitative estimate of drug-likeness (QED) is 0.661. The number of rotatable bonds is 7. The summed E-state index contributed by atoms with van der Waals surface area (Å²) in [5.74, 6) is -1.12. The van der Waals surface area contributed by atoms with Gasteiger partial charge in [-0.25, -0.2) is 0 Å². The smallest absolute Gasteiger partial charge is 0.261 e. The lowest BCUT2D eigenvalue weighted by molar-refractivity contribution is -0.132. The molecular formula is C15H18N2O5. The second-order valence-corrected chi connectivity index (χ2v) is 4.89. The van der Waals surface area contributed by atoms with E-state index >= 15 is 0 Å². The molecular weight excluding hydrogens is 288 g/mol. The molecule has 0 bridgehead atoms. The largest absolute Gasteiger partial charge is 0.395 e. The molecule has 1 aliphatic heterocycles. The van der Waals surface area contributed by atoms with Gasteiger partial charge in [-0.2, -0.15) is 0 Å². The highest BCUT2D eigenvalue weighted by atomic mass is 16.3. The number of imide groups is 1. The van der Waals surface area contributed by atoms with Crippen LogP contribution in [0.1, 0.15) is 27.1 Å². The van der Waals surface area contributed by atoms with Gasteiger partial charge in [-0.3, -0.25) is 19.3 Å². The van der Waals surface area contributed by atoms with Crippen molar-refractivity contribution >= 4 is 17.7 Å². The van der Waals surface area contributed by atoms with Gasteiger partial charge in [-0.05, 0) is 12.1 Å². The van der Waals surface area contributed by atoms with Gasteiger partial charge in [-0.15, -0.1) is 0 Å². The molecule has 0 saturated carbocycles. The molecule has 118 valence electrons. The normalized spacial score (nSPS) is 13.5. The van der Waals surface area contributed by atoms with Gasteiger partial charge >= 0.3 is 0 Å². The number of carbonyl (C=O) groups is 3. The van der Waals surface area contributed by atoms with E-state index in [1.165, 1.54) is 4.90 Å². The van der Waals surface area contributed by atoms with Crippen LogP contribution in [0.4, 0.5) is 0 Å². The standard InChI is InChI=1S/C15H18N2O5/c18-9-7-16(8-10-19)13(20)5-6-17-14(21)11-3-1-2-4-12(11)15(17)22/h1-4,18-19H,5-10H2. The Morgan fingerprint density at radius 1 is 1.00 bits per heavy atom. The first-order valence-corrected chi connectivity index (χ1v) is 7.05. The van der Waals surface area contributed by atoms with E-state index in [1.807, 2.05) is 0 Å². The lowest BCUT2D eigenvalue weighted by Gasteiger charge is -2.22. The SMILES string of the molecule is O=C(CCN1C(=O)c2ccccc2C1=O)N(CCO)CCO. The van der Waals surface area contributed by atoms with Crippen molar-refractivity contribution in [3.8, 4) is 0 Å². The summed E-state index contributed by atoms with van der Waals surface area (Å²) in [6.45, 7) is -0.209. The van der Waals surface area contributed by atoms with E-state index in [4.69, 9.17) is 10.2 Å². The van der Waals surface area contributed by atoms with Crippen molar-refractivity contribution in [3.05, 3.63) is 35.4 Å². The summed E-state index contributed by atoms with van der Waals surface area (Å²) in [6, 6.07) is 6.54. The number of aliphatic hydroxyl groups is 2. The van der Waals surface area contributed by atoms with Crippen molar-refractivity contribution in [1.82, 2.24) is 9.80 Å².